The van der Waals surface area contributed by atoms with E-state index < -0.39 is 0 Å². The highest BCUT2D eigenvalue weighted by molar-refractivity contribution is 7.80. The summed E-state index contributed by atoms with van der Waals surface area (Å²) in [7, 11) is 0. The number of nitrogens with zero attached hydrogens (tertiary/aromatic N) is 2. The normalized spacial score (nSPS) is 15.8. The Kier molecular flexibility index (Phi) is 6.26. The molecule has 21 heavy (non-hydrogen) atoms. The van der Waals surface area contributed by atoms with Crippen LogP contribution >= 0.6 is 12.2 Å². The SMILES string of the molecule is CCCN1CCN(C(=S)Nc2ccccc2OCC)CC1. The highest BCUT2D eigenvalue weighted by atomic mass is 32.1. The lowest BCUT2D eigenvalue weighted by atomic mass is 10.3. The maximum absolute atomic E-state index is 5.63. The molecule has 1 heterocycles. The predicted octanol–water partition coefficient (Wildman–Crippen LogP) is 2.81. The van der Waals surface area contributed by atoms with Crippen LogP contribution in [0.4, 0.5) is 5.69 Å². The first kappa shape index (κ1) is 16.0. The van der Waals surface area contributed by atoms with Gasteiger partial charge in [0, 0.05) is 26.2 Å². The topological polar surface area (TPSA) is 27.7 Å². The van der Waals surface area contributed by atoms with Crippen molar-refractivity contribution in [1.29, 1.82) is 0 Å². The summed E-state index contributed by atoms with van der Waals surface area (Å²) in [6.07, 6.45) is 1.21. The Hall–Kier alpha value is -1.33. The molecule has 0 unspecified atom stereocenters. The molecule has 116 valence electrons. The summed E-state index contributed by atoms with van der Waals surface area (Å²) < 4.78 is 5.63. The van der Waals surface area contributed by atoms with Crippen molar-refractivity contribution in [3.63, 3.8) is 0 Å². The fourth-order valence-electron chi connectivity index (χ4n) is 2.54. The summed E-state index contributed by atoms with van der Waals surface area (Å²) in [5.74, 6) is 0.854. The lowest BCUT2D eigenvalue weighted by Crippen LogP contribution is -2.50. The van der Waals surface area contributed by atoms with Crippen LogP contribution in [0.5, 0.6) is 5.75 Å². The Bertz CT molecular complexity index is 459. The van der Waals surface area contributed by atoms with Gasteiger partial charge < -0.3 is 15.0 Å². The van der Waals surface area contributed by atoms with Crippen molar-refractivity contribution in [2.75, 3.05) is 44.6 Å². The van der Waals surface area contributed by atoms with E-state index in [1.54, 1.807) is 0 Å². The van der Waals surface area contributed by atoms with Gasteiger partial charge in [-0.05, 0) is 44.2 Å². The van der Waals surface area contributed by atoms with Gasteiger partial charge in [0.15, 0.2) is 5.11 Å². The molecule has 0 spiro atoms. The Balaban J connectivity index is 1.90. The minimum Gasteiger partial charge on any atom is -0.492 e. The molecule has 5 heteroatoms. The van der Waals surface area contributed by atoms with E-state index in [1.165, 1.54) is 13.0 Å². The molecular formula is C16H25N3OS. The summed E-state index contributed by atoms with van der Waals surface area (Å²) in [6, 6.07) is 7.94. The molecule has 1 fully saturated rings. The van der Waals surface area contributed by atoms with Crippen molar-refractivity contribution in [2.45, 2.75) is 20.3 Å². The number of anilines is 1. The van der Waals surface area contributed by atoms with Gasteiger partial charge in [0.1, 0.15) is 5.75 Å². The zero-order valence-electron chi connectivity index (χ0n) is 13.0. The third-order valence-corrected chi connectivity index (χ3v) is 3.99. The largest absolute Gasteiger partial charge is 0.492 e. The van der Waals surface area contributed by atoms with Crippen LogP contribution in [0.15, 0.2) is 24.3 Å². The van der Waals surface area contributed by atoms with Gasteiger partial charge in [0.2, 0.25) is 0 Å². The van der Waals surface area contributed by atoms with Gasteiger partial charge in [-0.25, -0.2) is 0 Å². The molecular weight excluding hydrogens is 282 g/mol. The van der Waals surface area contributed by atoms with E-state index in [2.05, 4.69) is 22.0 Å². The van der Waals surface area contributed by atoms with Crippen molar-refractivity contribution < 1.29 is 4.74 Å². The quantitative estimate of drug-likeness (QED) is 0.845. The molecule has 0 aromatic heterocycles. The molecule has 0 bridgehead atoms. The average Bonchev–Trinajstić information content (AvgIpc) is 2.50. The van der Waals surface area contributed by atoms with Gasteiger partial charge in [-0.3, -0.25) is 4.90 Å². The fraction of sp³-hybridized carbons (Fsp3) is 0.562. The molecule has 0 aliphatic carbocycles. The van der Waals surface area contributed by atoms with Crippen molar-refractivity contribution in [1.82, 2.24) is 9.80 Å². The first-order valence-electron chi connectivity index (χ1n) is 7.74. The second-order valence-corrected chi connectivity index (χ2v) is 5.57. The monoisotopic (exact) mass is 307 g/mol. The second kappa shape index (κ2) is 8.20. The minimum absolute atomic E-state index is 0.654. The molecule has 1 saturated heterocycles. The number of hydrogen-bond donors (Lipinski definition) is 1. The van der Waals surface area contributed by atoms with Gasteiger partial charge in [0.05, 0.1) is 12.3 Å². The average molecular weight is 307 g/mol. The van der Waals surface area contributed by atoms with Crippen LogP contribution < -0.4 is 10.1 Å². The van der Waals surface area contributed by atoms with Crippen LogP contribution in [-0.4, -0.2) is 54.2 Å². The van der Waals surface area contributed by atoms with E-state index in [1.807, 2.05) is 31.2 Å². The number of benzene rings is 1. The maximum Gasteiger partial charge on any atom is 0.173 e. The van der Waals surface area contributed by atoms with Crippen molar-refractivity contribution in [2.24, 2.45) is 0 Å². The Morgan fingerprint density at radius 3 is 2.57 bits per heavy atom. The van der Waals surface area contributed by atoms with E-state index in [0.29, 0.717) is 6.61 Å². The van der Waals surface area contributed by atoms with Gasteiger partial charge in [-0.2, -0.15) is 0 Å². The first-order chi connectivity index (χ1) is 10.2. The van der Waals surface area contributed by atoms with Gasteiger partial charge in [-0.15, -0.1) is 0 Å². The fourth-order valence-corrected chi connectivity index (χ4v) is 2.83. The minimum atomic E-state index is 0.654. The van der Waals surface area contributed by atoms with E-state index in [9.17, 15) is 0 Å². The van der Waals surface area contributed by atoms with E-state index in [-0.39, 0.29) is 0 Å². The first-order valence-corrected chi connectivity index (χ1v) is 8.15. The Morgan fingerprint density at radius 1 is 1.19 bits per heavy atom. The zero-order chi connectivity index (χ0) is 15.1. The number of para-hydroxylation sites is 2. The number of piperazine rings is 1. The lowest BCUT2D eigenvalue weighted by molar-refractivity contribution is 0.184. The third kappa shape index (κ3) is 4.58. The van der Waals surface area contributed by atoms with E-state index in [0.717, 1.165) is 42.7 Å². The summed E-state index contributed by atoms with van der Waals surface area (Å²) in [4.78, 5) is 4.73. The van der Waals surface area contributed by atoms with Crippen LogP contribution in [-0.2, 0) is 0 Å². The van der Waals surface area contributed by atoms with Crippen molar-refractivity contribution in [3.8, 4) is 5.75 Å². The maximum atomic E-state index is 5.63. The molecule has 0 saturated carbocycles. The molecule has 0 atom stereocenters. The smallest absolute Gasteiger partial charge is 0.173 e. The molecule has 2 rings (SSSR count). The zero-order valence-corrected chi connectivity index (χ0v) is 13.8. The number of rotatable bonds is 5. The summed E-state index contributed by atoms with van der Waals surface area (Å²) >= 11 is 5.54. The molecule has 0 amide bonds. The van der Waals surface area contributed by atoms with Crippen LogP contribution in [0.1, 0.15) is 20.3 Å². The highest BCUT2D eigenvalue weighted by Crippen LogP contribution is 2.24. The molecule has 1 aliphatic heterocycles. The van der Waals surface area contributed by atoms with Gasteiger partial charge in [0.25, 0.3) is 0 Å². The van der Waals surface area contributed by atoms with Crippen LogP contribution in [0, 0.1) is 0 Å². The second-order valence-electron chi connectivity index (χ2n) is 5.19. The lowest BCUT2D eigenvalue weighted by Gasteiger charge is -2.36. The van der Waals surface area contributed by atoms with Crippen molar-refractivity contribution in [3.05, 3.63) is 24.3 Å². The molecule has 1 aromatic carbocycles. The third-order valence-electron chi connectivity index (χ3n) is 3.63. The van der Waals surface area contributed by atoms with E-state index >= 15 is 0 Å². The number of thiocarbonyl (C=S) groups is 1. The highest BCUT2D eigenvalue weighted by Gasteiger charge is 2.18. The Labute approximate surface area is 133 Å². The van der Waals surface area contributed by atoms with E-state index in [4.69, 9.17) is 17.0 Å². The summed E-state index contributed by atoms with van der Waals surface area (Å²) in [5.41, 5.74) is 0.945. The van der Waals surface area contributed by atoms with Crippen LogP contribution in [0.25, 0.3) is 0 Å². The number of nitrogens with one attached hydrogen (secondary N) is 1. The Morgan fingerprint density at radius 2 is 1.90 bits per heavy atom. The molecule has 1 aliphatic rings. The standard InChI is InChI=1S/C16H25N3OS/c1-3-9-18-10-12-19(13-11-18)16(21)17-14-7-5-6-8-15(14)20-4-2/h5-8H,3-4,9-13H2,1-2H3,(H,17,21). The van der Waals surface area contributed by atoms with Crippen LogP contribution in [0.3, 0.4) is 0 Å². The van der Waals surface area contributed by atoms with Crippen molar-refractivity contribution >= 4 is 23.0 Å². The predicted molar refractivity (Wildman–Crippen MR) is 92.1 cm³/mol. The molecule has 1 N–H and O–H groups in total. The summed E-state index contributed by atoms with van der Waals surface area (Å²) in [6.45, 7) is 10.2. The van der Waals surface area contributed by atoms with Crippen LogP contribution in [0.2, 0.25) is 0 Å². The van der Waals surface area contributed by atoms with Gasteiger partial charge >= 0.3 is 0 Å². The van der Waals surface area contributed by atoms with Gasteiger partial charge in [-0.1, -0.05) is 19.1 Å². The molecule has 1 aromatic rings. The number of hydrogen-bond acceptors (Lipinski definition) is 3. The number of ether oxygens (including phenoxy) is 1. The molecule has 0 radical (unpaired) electrons. The summed E-state index contributed by atoms with van der Waals surface area (Å²) in [5, 5.41) is 4.12. The molecule has 4 nitrogen and oxygen atoms in total.